The van der Waals surface area contributed by atoms with E-state index in [1.807, 2.05) is 48.5 Å². The molecule has 0 amide bonds. The van der Waals surface area contributed by atoms with E-state index in [0.717, 1.165) is 35.3 Å². The Kier molecular flexibility index (Phi) is 2.72. The molecule has 4 rings (SSSR count). The van der Waals surface area contributed by atoms with Gasteiger partial charge in [0.05, 0.1) is 11.4 Å². The molecule has 0 saturated heterocycles. The van der Waals surface area contributed by atoms with Crippen LogP contribution in [0.2, 0.25) is 0 Å². The maximum Gasteiger partial charge on any atom is 0.326 e. The zero-order valence-electron chi connectivity index (χ0n) is 11.6. The Bertz CT molecular complexity index is 740. The first-order valence-corrected chi connectivity index (χ1v) is 8.54. The number of hydrogen-bond acceptors (Lipinski definition) is 2. The molecule has 2 aliphatic rings. The summed E-state index contributed by atoms with van der Waals surface area (Å²) in [5.74, 6) is 0. The van der Waals surface area contributed by atoms with Gasteiger partial charge in [0.2, 0.25) is 0 Å². The fraction of sp³-hybridized carbons (Fsp3) is 0.250. The Hall–Kier alpha value is -2.01. The lowest BCUT2D eigenvalue weighted by atomic mass is 10.2. The Morgan fingerprint density at radius 2 is 1.14 bits per heavy atom. The first kappa shape index (κ1) is 12.7. The van der Waals surface area contributed by atoms with Crippen LogP contribution in [0.1, 0.15) is 11.1 Å². The molecule has 0 fully saturated rings. The maximum absolute atomic E-state index is 13.0. The summed E-state index contributed by atoms with van der Waals surface area (Å²) in [5, 5.41) is 0. The predicted octanol–water partition coefficient (Wildman–Crippen LogP) is 2.36. The molecule has 2 aromatic carbocycles. The number of nitrogens with zero attached hydrogens (tertiary/aromatic N) is 2. The third-order valence-electron chi connectivity index (χ3n) is 4.25. The van der Waals surface area contributed by atoms with E-state index >= 15 is 0 Å². The number of rotatable bonds is 2. The summed E-state index contributed by atoms with van der Waals surface area (Å²) >= 11 is 0. The van der Waals surface area contributed by atoms with Crippen LogP contribution in [0.25, 0.3) is 0 Å². The van der Waals surface area contributed by atoms with E-state index in [1.165, 1.54) is 0 Å². The van der Waals surface area contributed by atoms with Crippen LogP contribution in [0.3, 0.4) is 0 Å². The quantitative estimate of drug-likeness (QED) is 0.854. The van der Waals surface area contributed by atoms with Gasteiger partial charge in [0, 0.05) is 13.1 Å². The summed E-state index contributed by atoms with van der Waals surface area (Å²) in [6.07, 6.45) is 1.57. The fourth-order valence-electron chi connectivity index (χ4n) is 3.21. The molecule has 0 aromatic heterocycles. The summed E-state index contributed by atoms with van der Waals surface area (Å²) in [5.41, 5.74) is 3.85. The van der Waals surface area contributed by atoms with Crippen molar-refractivity contribution in [3.05, 3.63) is 59.7 Å². The average Bonchev–Trinajstić information content (AvgIpc) is 3.12. The molecule has 21 heavy (non-hydrogen) atoms. The number of benzene rings is 2. The van der Waals surface area contributed by atoms with Crippen molar-refractivity contribution < 1.29 is 8.42 Å². The van der Waals surface area contributed by atoms with E-state index in [2.05, 4.69) is 0 Å². The highest BCUT2D eigenvalue weighted by Gasteiger charge is 2.37. The second kappa shape index (κ2) is 4.49. The number of hydrogen-bond donors (Lipinski definition) is 0. The maximum atomic E-state index is 13.0. The van der Waals surface area contributed by atoms with Gasteiger partial charge in [0.1, 0.15) is 0 Å². The largest absolute Gasteiger partial charge is 0.326 e. The first-order valence-electron chi connectivity index (χ1n) is 7.14. The lowest BCUT2D eigenvalue weighted by Gasteiger charge is -2.27. The molecule has 2 aromatic rings. The van der Waals surface area contributed by atoms with Crippen LogP contribution in [-0.2, 0) is 23.1 Å². The van der Waals surface area contributed by atoms with Gasteiger partial charge in [-0.15, -0.1) is 0 Å². The van der Waals surface area contributed by atoms with Crippen molar-refractivity contribution in [1.29, 1.82) is 0 Å². The van der Waals surface area contributed by atoms with Crippen LogP contribution in [0, 0.1) is 0 Å². The summed E-state index contributed by atoms with van der Waals surface area (Å²) in [6, 6.07) is 15.5. The standard InChI is InChI=1S/C16H16N2O2S/c19-21(20,17-11-9-13-5-1-3-7-15(13)17)18-12-10-14-6-2-4-8-16(14)18/h1-8H,9-12H2. The summed E-state index contributed by atoms with van der Waals surface area (Å²) in [4.78, 5) is 0. The molecule has 108 valence electrons. The minimum atomic E-state index is -3.50. The van der Waals surface area contributed by atoms with Gasteiger partial charge in [-0.3, -0.25) is 8.61 Å². The Labute approximate surface area is 124 Å². The van der Waals surface area contributed by atoms with Crippen molar-refractivity contribution >= 4 is 21.6 Å². The predicted molar refractivity (Wildman–Crippen MR) is 83.9 cm³/mol. The highest BCUT2D eigenvalue weighted by molar-refractivity contribution is 7.94. The molecule has 0 spiro atoms. The molecule has 0 N–H and O–H groups in total. The van der Waals surface area contributed by atoms with Gasteiger partial charge >= 0.3 is 10.2 Å². The lowest BCUT2D eigenvalue weighted by molar-refractivity contribution is 0.588. The number of fused-ring (bicyclic) bond motifs is 2. The molecule has 2 aliphatic heterocycles. The van der Waals surface area contributed by atoms with Crippen LogP contribution in [0.4, 0.5) is 11.4 Å². The van der Waals surface area contributed by atoms with Gasteiger partial charge in [-0.2, -0.15) is 8.42 Å². The highest BCUT2D eigenvalue weighted by atomic mass is 32.2. The van der Waals surface area contributed by atoms with E-state index in [-0.39, 0.29) is 0 Å². The molecule has 0 aliphatic carbocycles. The molecule has 4 nitrogen and oxygen atoms in total. The van der Waals surface area contributed by atoms with Gasteiger partial charge in [-0.05, 0) is 36.1 Å². The lowest BCUT2D eigenvalue weighted by Crippen LogP contribution is -2.42. The fourth-order valence-corrected chi connectivity index (χ4v) is 4.95. The van der Waals surface area contributed by atoms with Crippen LogP contribution in [0.15, 0.2) is 48.5 Å². The van der Waals surface area contributed by atoms with Gasteiger partial charge in [-0.1, -0.05) is 36.4 Å². The van der Waals surface area contributed by atoms with Crippen molar-refractivity contribution in [2.45, 2.75) is 12.8 Å². The monoisotopic (exact) mass is 300 g/mol. The van der Waals surface area contributed by atoms with Crippen LogP contribution in [0.5, 0.6) is 0 Å². The first-order chi connectivity index (χ1) is 10.2. The van der Waals surface area contributed by atoms with E-state index in [4.69, 9.17) is 0 Å². The molecule has 2 heterocycles. The van der Waals surface area contributed by atoms with Gasteiger partial charge in [0.25, 0.3) is 0 Å². The molecular formula is C16H16N2O2S. The van der Waals surface area contributed by atoms with Gasteiger partial charge in [-0.25, -0.2) is 0 Å². The van der Waals surface area contributed by atoms with Crippen LogP contribution < -0.4 is 8.61 Å². The molecular weight excluding hydrogens is 284 g/mol. The van der Waals surface area contributed by atoms with Crippen molar-refractivity contribution in [3.63, 3.8) is 0 Å². The number of anilines is 2. The van der Waals surface area contributed by atoms with E-state index in [0.29, 0.717) is 13.1 Å². The topological polar surface area (TPSA) is 40.6 Å². The molecule has 0 atom stereocenters. The van der Waals surface area contributed by atoms with E-state index in [9.17, 15) is 8.42 Å². The third-order valence-corrected chi connectivity index (χ3v) is 6.12. The summed E-state index contributed by atoms with van der Waals surface area (Å²) < 4.78 is 29.1. The second-order valence-corrected chi connectivity index (χ2v) is 7.19. The van der Waals surface area contributed by atoms with Crippen LogP contribution >= 0.6 is 0 Å². The molecule has 0 bridgehead atoms. The van der Waals surface area contributed by atoms with Crippen LogP contribution in [-0.4, -0.2) is 21.5 Å². The van der Waals surface area contributed by atoms with E-state index < -0.39 is 10.2 Å². The molecule has 5 heteroatoms. The SMILES string of the molecule is O=S(=O)(N1CCc2ccccc21)N1CCc2ccccc21. The van der Waals surface area contributed by atoms with Crippen molar-refractivity contribution in [2.75, 3.05) is 21.7 Å². The van der Waals surface area contributed by atoms with Gasteiger partial charge in [0.15, 0.2) is 0 Å². The second-order valence-electron chi connectivity index (χ2n) is 5.41. The smallest absolute Gasteiger partial charge is 0.253 e. The van der Waals surface area contributed by atoms with Crippen molar-refractivity contribution in [2.24, 2.45) is 0 Å². The zero-order chi connectivity index (χ0) is 14.4. The Morgan fingerprint density at radius 3 is 1.62 bits per heavy atom. The molecule has 0 unspecified atom stereocenters. The highest BCUT2D eigenvalue weighted by Crippen LogP contribution is 2.36. The molecule has 0 radical (unpaired) electrons. The minimum absolute atomic E-state index is 0.528. The minimum Gasteiger partial charge on any atom is -0.253 e. The molecule has 0 saturated carbocycles. The normalized spacial score (nSPS) is 17.0. The van der Waals surface area contributed by atoms with Gasteiger partial charge < -0.3 is 0 Å². The third kappa shape index (κ3) is 1.84. The Balaban J connectivity index is 1.77. The van der Waals surface area contributed by atoms with E-state index in [1.54, 1.807) is 8.61 Å². The summed E-state index contributed by atoms with van der Waals surface area (Å²) in [7, 11) is -3.50. The number of para-hydroxylation sites is 2. The average molecular weight is 300 g/mol. The van der Waals surface area contributed by atoms with Crippen molar-refractivity contribution in [1.82, 2.24) is 0 Å². The zero-order valence-corrected chi connectivity index (χ0v) is 12.4. The summed E-state index contributed by atoms with van der Waals surface area (Å²) in [6.45, 7) is 1.06. The Morgan fingerprint density at radius 1 is 0.714 bits per heavy atom. The van der Waals surface area contributed by atoms with Crippen molar-refractivity contribution in [3.8, 4) is 0 Å².